The molecule has 94 valence electrons. The van der Waals surface area contributed by atoms with Crippen molar-refractivity contribution in [3.8, 4) is 0 Å². The number of hydrogen-bond acceptors (Lipinski definition) is 6. The molecule has 0 saturated carbocycles. The van der Waals surface area contributed by atoms with Gasteiger partial charge in [-0.2, -0.15) is 11.8 Å². The molecule has 1 heterocycles. The van der Waals surface area contributed by atoms with Gasteiger partial charge in [0.25, 0.3) is 0 Å². The summed E-state index contributed by atoms with van der Waals surface area (Å²) in [6.45, 7) is 2.04. The zero-order chi connectivity index (χ0) is 12.8. The van der Waals surface area contributed by atoms with E-state index in [1.54, 1.807) is 17.8 Å². The summed E-state index contributed by atoms with van der Waals surface area (Å²) in [6.07, 6.45) is 3.05. The Morgan fingerprint density at radius 1 is 1.65 bits per heavy atom. The molecule has 0 amide bonds. The van der Waals surface area contributed by atoms with Crippen LogP contribution in [0.2, 0.25) is 0 Å². The van der Waals surface area contributed by atoms with Gasteiger partial charge in [0.2, 0.25) is 5.82 Å². The lowest BCUT2D eigenvalue weighted by Crippen LogP contribution is -2.17. The van der Waals surface area contributed by atoms with Crippen LogP contribution >= 0.6 is 11.8 Å². The minimum Gasteiger partial charge on any atom is -0.378 e. The highest BCUT2D eigenvalue weighted by molar-refractivity contribution is 7.98. The first kappa shape index (κ1) is 13.6. The highest BCUT2D eigenvalue weighted by Crippen LogP contribution is 2.21. The summed E-state index contributed by atoms with van der Waals surface area (Å²) in [7, 11) is 0. The Morgan fingerprint density at radius 3 is 2.88 bits per heavy atom. The minimum absolute atomic E-state index is 0.0583. The summed E-state index contributed by atoms with van der Waals surface area (Å²) < 4.78 is 0. The Morgan fingerprint density at radius 2 is 2.35 bits per heavy atom. The third-order valence-electron chi connectivity index (χ3n) is 2.25. The van der Waals surface area contributed by atoms with Crippen molar-refractivity contribution in [2.75, 3.05) is 23.1 Å². The van der Waals surface area contributed by atoms with Gasteiger partial charge in [-0.15, -0.1) is 0 Å². The molecule has 0 spiro atoms. The number of rotatable bonds is 6. The molecule has 1 unspecified atom stereocenters. The van der Waals surface area contributed by atoms with Crippen molar-refractivity contribution >= 4 is 29.1 Å². The smallest absolute Gasteiger partial charge is 0.311 e. The van der Waals surface area contributed by atoms with E-state index in [4.69, 9.17) is 5.73 Å². The van der Waals surface area contributed by atoms with Gasteiger partial charge < -0.3 is 11.1 Å². The number of nitrogens with zero attached hydrogens (tertiary/aromatic N) is 2. The SMILES string of the molecule is CSCCC(C)Nc1ccc([N+](=O)[O-])c(N)n1. The van der Waals surface area contributed by atoms with E-state index in [1.807, 2.05) is 6.92 Å². The molecular weight excluding hydrogens is 240 g/mol. The van der Waals surface area contributed by atoms with Gasteiger partial charge >= 0.3 is 5.69 Å². The standard InChI is InChI=1S/C10H16N4O2S/c1-7(5-6-17-2)12-9-4-3-8(14(15)16)10(11)13-9/h3-4,7H,5-6H2,1-2H3,(H3,11,12,13). The summed E-state index contributed by atoms with van der Waals surface area (Å²) in [4.78, 5) is 14.0. The minimum atomic E-state index is -0.538. The quantitative estimate of drug-likeness (QED) is 0.598. The third-order valence-corrected chi connectivity index (χ3v) is 2.89. The molecule has 3 N–H and O–H groups in total. The van der Waals surface area contributed by atoms with E-state index < -0.39 is 4.92 Å². The highest BCUT2D eigenvalue weighted by atomic mass is 32.2. The van der Waals surface area contributed by atoms with Gasteiger partial charge in [0.1, 0.15) is 5.82 Å². The van der Waals surface area contributed by atoms with Crippen LogP contribution in [0.1, 0.15) is 13.3 Å². The van der Waals surface area contributed by atoms with Crippen molar-refractivity contribution in [2.45, 2.75) is 19.4 Å². The Kier molecular flexibility index (Phi) is 5.02. The molecule has 1 aromatic rings. The van der Waals surface area contributed by atoms with Gasteiger partial charge in [0.05, 0.1) is 4.92 Å². The Bertz CT molecular complexity index is 400. The van der Waals surface area contributed by atoms with Gasteiger partial charge in [0.15, 0.2) is 0 Å². The molecule has 0 aromatic carbocycles. The predicted octanol–water partition coefficient (Wildman–Crippen LogP) is 2.13. The number of nitrogen functional groups attached to an aromatic ring is 1. The molecule has 1 rings (SSSR count). The van der Waals surface area contributed by atoms with Crippen LogP contribution < -0.4 is 11.1 Å². The summed E-state index contributed by atoms with van der Waals surface area (Å²) in [5.41, 5.74) is 5.34. The van der Waals surface area contributed by atoms with Gasteiger partial charge in [0, 0.05) is 12.1 Å². The average Bonchev–Trinajstić information content (AvgIpc) is 2.26. The number of anilines is 2. The second-order valence-corrected chi connectivity index (χ2v) is 4.67. The Hall–Kier alpha value is -1.50. The van der Waals surface area contributed by atoms with E-state index in [9.17, 15) is 10.1 Å². The molecule has 7 heteroatoms. The normalized spacial score (nSPS) is 12.1. The molecule has 0 bridgehead atoms. The summed E-state index contributed by atoms with van der Waals surface area (Å²) >= 11 is 1.78. The van der Waals surface area contributed by atoms with Crippen molar-refractivity contribution < 1.29 is 4.92 Å². The van der Waals surface area contributed by atoms with Crippen molar-refractivity contribution in [3.05, 3.63) is 22.2 Å². The molecule has 6 nitrogen and oxygen atoms in total. The van der Waals surface area contributed by atoms with Gasteiger partial charge in [-0.1, -0.05) is 0 Å². The number of nitrogens with two attached hydrogens (primary N) is 1. The lowest BCUT2D eigenvalue weighted by atomic mass is 10.2. The van der Waals surface area contributed by atoms with E-state index in [0.717, 1.165) is 12.2 Å². The van der Waals surface area contributed by atoms with Crippen LogP contribution in [0.25, 0.3) is 0 Å². The molecule has 1 atom stereocenters. The fourth-order valence-corrected chi connectivity index (χ4v) is 1.91. The molecule has 0 radical (unpaired) electrons. The van der Waals surface area contributed by atoms with Gasteiger partial charge in [-0.05, 0) is 31.4 Å². The maximum absolute atomic E-state index is 10.6. The monoisotopic (exact) mass is 256 g/mol. The first-order valence-electron chi connectivity index (χ1n) is 5.21. The lowest BCUT2D eigenvalue weighted by molar-refractivity contribution is -0.384. The Balaban J connectivity index is 2.67. The Labute approximate surface area is 104 Å². The molecule has 0 aliphatic heterocycles. The van der Waals surface area contributed by atoms with Crippen LogP contribution in [-0.4, -0.2) is 28.0 Å². The van der Waals surface area contributed by atoms with Crippen molar-refractivity contribution in [1.82, 2.24) is 4.98 Å². The van der Waals surface area contributed by atoms with Crippen LogP contribution in [0, 0.1) is 10.1 Å². The van der Waals surface area contributed by atoms with Crippen LogP contribution in [-0.2, 0) is 0 Å². The van der Waals surface area contributed by atoms with E-state index in [-0.39, 0.29) is 17.5 Å². The van der Waals surface area contributed by atoms with Crippen LogP contribution in [0.4, 0.5) is 17.3 Å². The topological polar surface area (TPSA) is 94.1 Å². The van der Waals surface area contributed by atoms with E-state index in [2.05, 4.69) is 16.6 Å². The summed E-state index contributed by atoms with van der Waals surface area (Å²) in [6, 6.07) is 3.20. The molecular formula is C10H16N4O2S. The number of hydrogen-bond donors (Lipinski definition) is 2. The van der Waals surface area contributed by atoms with Crippen LogP contribution in [0.15, 0.2) is 12.1 Å². The number of aromatic nitrogens is 1. The van der Waals surface area contributed by atoms with Crippen LogP contribution in [0.5, 0.6) is 0 Å². The summed E-state index contributed by atoms with van der Waals surface area (Å²) in [5.74, 6) is 1.56. The average molecular weight is 256 g/mol. The maximum atomic E-state index is 10.6. The molecule has 0 saturated heterocycles. The van der Waals surface area contributed by atoms with Gasteiger partial charge in [-0.3, -0.25) is 10.1 Å². The maximum Gasteiger partial charge on any atom is 0.311 e. The number of pyridine rings is 1. The zero-order valence-corrected chi connectivity index (χ0v) is 10.7. The second-order valence-electron chi connectivity index (χ2n) is 3.68. The first-order valence-corrected chi connectivity index (χ1v) is 6.60. The fraction of sp³-hybridized carbons (Fsp3) is 0.500. The summed E-state index contributed by atoms with van der Waals surface area (Å²) in [5, 5.41) is 13.7. The molecule has 1 aromatic heterocycles. The first-order chi connectivity index (χ1) is 8.04. The molecule has 0 fully saturated rings. The molecule has 0 aliphatic rings. The number of nitro groups is 1. The van der Waals surface area contributed by atoms with Gasteiger partial charge in [-0.25, -0.2) is 4.98 Å². The van der Waals surface area contributed by atoms with E-state index in [1.165, 1.54) is 6.07 Å². The largest absolute Gasteiger partial charge is 0.378 e. The number of nitrogens with one attached hydrogen (secondary N) is 1. The van der Waals surface area contributed by atoms with Crippen LogP contribution in [0.3, 0.4) is 0 Å². The highest BCUT2D eigenvalue weighted by Gasteiger charge is 2.13. The van der Waals surface area contributed by atoms with Crippen molar-refractivity contribution in [3.63, 3.8) is 0 Å². The number of thioether (sulfide) groups is 1. The van der Waals surface area contributed by atoms with E-state index >= 15 is 0 Å². The van der Waals surface area contributed by atoms with Crippen molar-refractivity contribution in [2.24, 2.45) is 0 Å². The second kappa shape index (κ2) is 6.29. The molecule has 17 heavy (non-hydrogen) atoms. The fourth-order valence-electron chi connectivity index (χ4n) is 1.32. The lowest BCUT2D eigenvalue weighted by Gasteiger charge is -2.13. The van der Waals surface area contributed by atoms with Crippen molar-refractivity contribution in [1.29, 1.82) is 0 Å². The zero-order valence-electron chi connectivity index (χ0n) is 9.84. The third kappa shape index (κ3) is 4.10. The molecule has 0 aliphatic carbocycles. The van der Waals surface area contributed by atoms with E-state index in [0.29, 0.717) is 5.82 Å². The predicted molar refractivity (Wildman–Crippen MR) is 71.4 cm³/mol.